The van der Waals surface area contributed by atoms with Gasteiger partial charge in [-0.1, -0.05) is 90.0 Å². The van der Waals surface area contributed by atoms with Crippen LogP contribution in [0.25, 0.3) is 0 Å². The Morgan fingerprint density at radius 2 is 1.20 bits per heavy atom. The predicted octanol–water partition coefficient (Wildman–Crippen LogP) is 6.90. The summed E-state index contributed by atoms with van der Waals surface area (Å²) in [6.45, 7) is 2.29. The third-order valence-electron chi connectivity index (χ3n) is 4.01. The van der Waals surface area contributed by atoms with Gasteiger partial charge in [0.1, 0.15) is 6.26 Å². The van der Waals surface area contributed by atoms with Crippen molar-refractivity contribution in [3.05, 3.63) is 24.2 Å². The zero-order chi connectivity index (χ0) is 14.3. The molecule has 0 saturated heterocycles. The van der Waals surface area contributed by atoms with Crippen molar-refractivity contribution < 1.29 is 4.74 Å². The molecule has 0 aromatic rings. The fourth-order valence-corrected chi connectivity index (χ4v) is 2.59. The zero-order valence-electron chi connectivity index (χ0n) is 13.5. The second-order valence-corrected chi connectivity index (χ2v) is 6.07. The minimum atomic E-state index is 1.04. The Bertz CT molecular complexity index is 265. The molecule has 20 heavy (non-hydrogen) atoms. The van der Waals surface area contributed by atoms with E-state index in [-0.39, 0.29) is 0 Å². The molecule has 0 fully saturated rings. The lowest BCUT2D eigenvalue weighted by Gasteiger charge is -2.02. The van der Waals surface area contributed by atoms with Crippen molar-refractivity contribution in [3.63, 3.8) is 0 Å². The summed E-state index contributed by atoms with van der Waals surface area (Å²) in [6, 6.07) is 0. The van der Waals surface area contributed by atoms with Gasteiger partial charge in [0, 0.05) is 0 Å². The molecule has 0 aliphatic carbocycles. The van der Waals surface area contributed by atoms with Crippen molar-refractivity contribution in [3.8, 4) is 0 Å². The fraction of sp³-hybridized carbons (Fsp3) is 0.789. The summed E-state index contributed by atoms with van der Waals surface area (Å²) in [6.07, 6.45) is 25.9. The highest BCUT2D eigenvalue weighted by Gasteiger charge is 2.02. The maximum atomic E-state index is 4.93. The molecule has 0 aromatic carbocycles. The van der Waals surface area contributed by atoms with Crippen molar-refractivity contribution >= 4 is 0 Å². The molecule has 1 aliphatic heterocycles. The second-order valence-electron chi connectivity index (χ2n) is 6.07. The topological polar surface area (TPSA) is 12.5 Å². The first kappa shape index (κ1) is 17.3. The summed E-state index contributed by atoms with van der Waals surface area (Å²) in [5.74, 6) is 1.04. The van der Waals surface area contributed by atoms with E-state index in [1.165, 1.54) is 89.9 Å². The van der Waals surface area contributed by atoms with Crippen molar-refractivity contribution in [1.29, 1.82) is 0 Å². The molecule has 0 atom stereocenters. The van der Waals surface area contributed by atoms with Gasteiger partial charge in [-0.25, -0.2) is 0 Å². The SMILES string of the molecule is CCCCCCCCCCCCCCC/C=C\C1=CO1. The Morgan fingerprint density at radius 1 is 0.750 bits per heavy atom. The smallest absolute Gasteiger partial charge is 0.161 e. The summed E-state index contributed by atoms with van der Waals surface area (Å²) in [7, 11) is 0. The lowest BCUT2D eigenvalue weighted by molar-refractivity contribution is 0.515. The normalized spacial score (nSPS) is 13.6. The van der Waals surface area contributed by atoms with Crippen molar-refractivity contribution in [1.82, 2.24) is 0 Å². The average molecular weight is 278 g/mol. The quantitative estimate of drug-likeness (QED) is 0.297. The van der Waals surface area contributed by atoms with Crippen LogP contribution in [0.5, 0.6) is 0 Å². The van der Waals surface area contributed by atoms with Crippen LogP contribution in [0.4, 0.5) is 0 Å². The van der Waals surface area contributed by atoms with Crippen LogP contribution >= 0.6 is 0 Å². The zero-order valence-corrected chi connectivity index (χ0v) is 13.5. The summed E-state index contributed by atoms with van der Waals surface area (Å²) >= 11 is 0. The van der Waals surface area contributed by atoms with E-state index in [2.05, 4.69) is 19.1 Å². The third-order valence-corrected chi connectivity index (χ3v) is 4.01. The molecule has 1 nitrogen and oxygen atoms in total. The first-order valence-electron chi connectivity index (χ1n) is 8.97. The average Bonchev–Trinajstić information content (AvgIpc) is 3.27. The minimum absolute atomic E-state index is 1.04. The van der Waals surface area contributed by atoms with Crippen molar-refractivity contribution in [2.75, 3.05) is 0 Å². The number of hydrogen-bond acceptors (Lipinski definition) is 1. The van der Waals surface area contributed by atoms with Crippen LogP contribution in [0.1, 0.15) is 96.8 Å². The van der Waals surface area contributed by atoms with Gasteiger partial charge >= 0.3 is 0 Å². The molecule has 1 rings (SSSR count). The third kappa shape index (κ3) is 12.3. The number of ether oxygens (including phenoxy) is 1. The molecule has 0 bridgehead atoms. The van der Waals surface area contributed by atoms with Gasteiger partial charge < -0.3 is 4.74 Å². The predicted molar refractivity (Wildman–Crippen MR) is 88.6 cm³/mol. The molecular weight excluding hydrogens is 244 g/mol. The van der Waals surface area contributed by atoms with Crippen LogP contribution in [-0.2, 0) is 4.74 Å². The van der Waals surface area contributed by atoms with Gasteiger partial charge in [-0.05, 0) is 18.9 Å². The van der Waals surface area contributed by atoms with E-state index in [1.54, 1.807) is 6.26 Å². The molecule has 1 heteroatoms. The van der Waals surface area contributed by atoms with Crippen molar-refractivity contribution in [2.24, 2.45) is 0 Å². The summed E-state index contributed by atoms with van der Waals surface area (Å²) in [4.78, 5) is 0. The van der Waals surface area contributed by atoms with Gasteiger partial charge in [-0.3, -0.25) is 0 Å². The number of unbranched alkanes of at least 4 members (excludes halogenated alkanes) is 13. The molecule has 1 aliphatic rings. The maximum absolute atomic E-state index is 4.93. The fourth-order valence-electron chi connectivity index (χ4n) is 2.59. The van der Waals surface area contributed by atoms with E-state index in [9.17, 15) is 0 Å². The van der Waals surface area contributed by atoms with Crippen LogP contribution in [0.2, 0.25) is 0 Å². The van der Waals surface area contributed by atoms with Crippen LogP contribution in [0.3, 0.4) is 0 Å². The number of allylic oxidation sites excluding steroid dienone is 2. The first-order chi connectivity index (χ1) is 9.93. The Morgan fingerprint density at radius 3 is 1.65 bits per heavy atom. The molecule has 0 spiro atoms. The lowest BCUT2D eigenvalue weighted by atomic mass is 10.0. The molecule has 1 heterocycles. The van der Waals surface area contributed by atoms with Gasteiger partial charge in [-0.15, -0.1) is 0 Å². The largest absolute Gasteiger partial charge is 0.458 e. The van der Waals surface area contributed by atoms with E-state index >= 15 is 0 Å². The number of rotatable bonds is 15. The molecule has 0 radical (unpaired) electrons. The van der Waals surface area contributed by atoms with Gasteiger partial charge in [0.15, 0.2) is 5.76 Å². The lowest BCUT2D eigenvalue weighted by Crippen LogP contribution is -1.82. The van der Waals surface area contributed by atoms with Crippen LogP contribution in [0.15, 0.2) is 24.2 Å². The molecule has 0 saturated carbocycles. The van der Waals surface area contributed by atoms with Gasteiger partial charge in [0.05, 0.1) is 0 Å². The second kappa shape index (κ2) is 13.3. The minimum Gasteiger partial charge on any atom is -0.458 e. The summed E-state index contributed by atoms with van der Waals surface area (Å²) in [5.41, 5.74) is 0. The van der Waals surface area contributed by atoms with E-state index in [0.29, 0.717) is 0 Å². The van der Waals surface area contributed by atoms with E-state index in [1.807, 2.05) is 0 Å². The Hall–Kier alpha value is -0.720. The standard InChI is InChI=1S/C19H34O/c1-2-3-4-5-6-7-8-9-10-11-12-13-14-15-16-17-19-18-20-19/h16-18H,2-15H2,1H3/b17-16-. The number of hydrogen-bond donors (Lipinski definition) is 0. The molecule has 0 amide bonds. The van der Waals surface area contributed by atoms with E-state index in [4.69, 9.17) is 4.74 Å². The highest BCUT2D eigenvalue weighted by Crippen LogP contribution is 2.15. The van der Waals surface area contributed by atoms with Crippen LogP contribution in [-0.4, -0.2) is 0 Å². The highest BCUT2D eigenvalue weighted by molar-refractivity contribution is 5.19. The molecule has 0 N–H and O–H groups in total. The Balaban J connectivity index is 1.65. The highest BCUT2D eigenvalue weighted by atomic mass is 16.5. The first-order valence-corrected chi connectivity index (χ1v) is 8.97. The maximum Gasteiger partial charge on any atom is 0.161 e. The summed E-state index contributed by atoms with van der Waals surface area (Å²) in [5, 5.41) is 0. The van der Waals surface area contributed by atoms with E-state index in [0.717, 1.165) is 5.76 Å². The van der Waals surface area contributed by atoms with E-state index < -0.39 is 0 Å². The Labute approximate surface area is 126 Å². The monoisotopic (exact) mass is 278 g/mol. The summed E-state index contributed by atoms with van der Waals surface area (Å²) < 4.78 is 4.93. The molecule has 116 valence electrons. The Kier molecular flexibility index (Phi) is 11.5. The van der Waals surface area contributed by atoms with Crippen LogP contribution in [0, 0.1) is 0 Å². The van der Waals surface area contributed by atoms with Gasteiger partial charge in [0.2, 0.25) is 0 Å². The van der Waals surface area contributed by atoms with Gasteiger partial charge in [0.25, 0.3) is 0 Å². The molecule has 0 aromatic heterocycles. The molecule has 0 unspecified atom stereocenters. The van der Waals surface area contributed by atoms with Crippen molar-refractivity contribution in [2.45, 2.75) is 96.8 Å². The molecular formula is C19H34O. The van der Waals surface area contributed by atoms with Gasteiger partial charge in [-0.2, -0.15) is 0 Å². The van der Waals surface area contributed by atoms with Crippen LogP contribution < -0.4 is 0 Å².